The molecule has 0 spiro atoms. The third-order valence-corrected chi connectivity index (χ3v) is 3.89. The Morgan fingerprint density at radius 2 is 1.77 bits per heavy atom. The minimum atomic E-state index is -0.607. The molecule has 0 unspecified atom stereocenters. The van der Waals surface area contributed by atoms with Crippen molar-refractivity contribution in [1.82, 2.24) is 0 Å². The van der Waals surface area contributed by atoms with Crippen LogP contribution in [0.15, 0.2) is 48.5 Å². The molecule has 2 aromatic carbocycles. The maximum absolute atomic E-state index is 12.4. The van der Waals surface area contributed by atoms with Crippen LogP contribution in [0, 0.1) is 6.92 Å². The molecule has 0 aliphatic heterocycles. The standard InChI is InChI=1S/C20H22ClNO4/c1-14(2)22(17-7-5-4-6-8-17)19(23)12-26-20(24)13-25-18-10-9-16(21)11-15(18)3/h4-11,14H,12-13H2,1-3H3. The molecule has 0 aliphatic carbocycles. The summed E-state index contributed by atoms with van der Waals surface area (Å²) in [7, 11) is 0. The van der Waals surface area contributed by atoms with E-state index < -0.39 is 5.97 Å². The Balaban J connectivity index is 1.88. The second-order valence-electron chi connectivity index (χ2n) is 6.05. The predicted molar refractivity (Wildman–Crippen MR) is 102 cm³/mol. The van der Waals surface area contributed by atoms with Gasteiger partial charge in [-0.3, -0.25) is 4.79 Å². The van der Waals surface area contributed by atoms with Gasteiger partial charge in [-0.15, -0.1) is 0 Å². The van der Waals surface area contributed by atoms with Crippen molar-refractivity contribution in [2.45, 2.75) is 26.8 Å². The molecule has 5 nitrogen and oxygen atoms in total. The van der Waals surface area contributed by atoms with Gasteiger partial charge in [0.1, 0.15) is 5.75 Å². The van der Waals surface area contributed by atoms with Gasteiger partial charge in [-0.25, -0.2) is 4.79 Å². The molecule has 0 fully saturated rings. The van der Waals surface area contributed by atoms with Crippen LogP contribution < -0.4 is 9.64 Å². The van der Waals surface area contributed by atoms with Gasteiger partial charge in [0.25, 0.3) is 5.91 Å². The molecule has 0 saturated heterocycles. The lowest BCUT2D eigenvalue weighted by Crippen LogP contribution is -2.40. The van der Waals surface area contributed by atoms with Crippen molar-refractivity contribution in [3.05, 3.63) is 59.1 Å². The number of amides is 1. The zero-order valence-electron chi connectivity index (χ0n) is 15.1. The van der Waals surface area contributed by atoms with Crippen LogP contribution in [0.3, 0.4) is 0 Å². The first-order valence-corrected chi connectivity index (χ1v) is 8.68. The van der Waals surface area contributed by atoms with Crippen molar-refractivity contribution in [3.8, 4) is 5.75 Å². The predicted octanol–water partition coefficient (Wildman–Crippen LogP) is 4.01. The molecule has 2 aromatic rings. The smallest absolute Gasteiger partial charge is 0.344 e. The van der Waals surface area contributed by atoms with E-state index in [1.165, 1.54) is 0 Å². The number of carbonyl (C=O) groups excluding carboxylic acids is 2. The number of hydrogen-bond acceptors (Lipinski definition) is 4. The summed E-state index contributed by atoms with van der Waals surface area (Å²) in [5.41, 5.74) is 1.58. The molecule has 0 aliphatic rings. The highest BCUT2D eigenvalue weighted by Gasteiger charge is 2.20. The van der Waals surface area contributed by atoms with Gasteiger partial charge in [0.05, 0.1) is 0 Å². The molecule has 0 heterocycles. The van der Waals surface area contributed by atoms with Crippen molar-refractivity contribution in [2.24, 2.45) is 0 Å². The fourth-order valence-corrected chi connectivity index (χ4v) is 2.71. The lowest BCUT2D eigenvalue weighted by atomic mass is 10.2. The number of para-hydroxylation sites is 1. The number of rotatable bonds is 7. The normalized spacial score (nSPS) is 10.5. The van der Waals surface area contributed by atoms with Crippen LogP contribution in [0.1, 0.15) is 19.4 Å². The third-order valence-electron chi connectivity index (χ3n) is 3.66. The van der Waals surface area contributed by atoms with Crippen LogP contribution in [0.2, 0.25) is 5.02 Å². The lowest BCUT2D eigenvalue weighted by molar-refractivity contribution is -0.149. The molecule has 0 radical (unpaired) electrons. The molecule has 0 saturated carbocycles. The Labute approximate surface area is 158 Å². The van der Waals surface area contributed by atoms with E-state index in [-0.39, 0.29) is 25.2 Å². The first-order chi connectivity index (χ1) is 12.4. The van der Waals surface area contributed by atoms with Gasteiger partial charge in [-0.05, 0) is 56.7 Å². The quantitative estimate of drug-likeness (QED) is 0.686. The molecule has 26 heavy (non-hydrogen) atoms. The lowest BCUT2D eigenvalue weighted by Gasteiger charge is -2.26. The molecule has 2 rings (SSSR count). The summed E-state index contributed by atoms with van der Waals surface area (Å²) in [6, 6.07) is 14.3. The Kier molecular flexibility index (Phi) is 7.04. The monoisotopic (exact) mass is 375 g/mol. The fourth-order valence-electron chi connectivity index (χ4n) is 2.48. The highest BCUT2D eigenvalue weighted by Crippen LogP contribution is 2.21. The van der Waals surface area contributed by atoms with Gasteiger partial charge in [0.2, 0.25) is 0 Å². The number of aryl methyl sites for hydroxylation is 1. The van der Waals surface area contributed by atoms with Crippen molar-refractivity contribution < 1.29 is 19.1 Å². The van der Waals surface area contributed by atoms with Gasteiger partial charge >= 0.3 is 5.97 Å². The Morgan fingerprint density at radius 3 is 2.38 bits per heavy atom. The second kappa shape index (κ2) is 9.25. The average molecular weight is 376 g/mol. The summed E-state index contributed by atoms with van der Waals surface area (Å²) in [5.74, 6) is -0.350. The molecule has 0 atom stereocenters. The van der Waals surface area contributed by atoms with Crippen LogP contribution in [0.4, 0.5) is 5.69 Å². The zero-order valence-corrected chi connectivity index (χ0v) is 15.8. The molecule has 0 N–H and O–H groups in total. The van der Waals surface area contributed by atoms with E-state index in [1.807, 2.05) is 51.1 Å². The number of esters is 1. The van der Waals surface area contributed by atoms with Gasteiger partial charge in [0, 0.05) is 16.8 Å². The summed E-state index contributed by atoms with van der Waals surface area (Å²) in [6.45, 7) is 5.02. The fraction of sp³-hybridized carbons (Fsp3) is 0.300. The Morgan fingerprint density at radius 1 is 1.08 bits per heavy atom. The summed E-state index contributed by atoms with van der Waals surface area (Å²) in [6.07, 6.45) is 0. The van der Waals surface area contributed by atoms with E-state index in [4.69, 9.17) is 21.1 Å². The first-order valence-electron chi connectivity index (χ1n) is 8.30. The first kappa shape index (κ1) is 19.8. The second-order valence-corrected chi connectivity index (χ2v) is 6.49. The molecule has 6 heteroatoms. The Hall–Kier alpha value is -2.53. The number of ether oxygens (including phenoxy) is 2. The van der Waals surface area contributed by atoms with Crippen LogP contribution >= 0.6 is 11.6 Å². The zero-order chi connectivity index (χ0) is 19.1. The van der Waals surface area contributed by atoms with Crippen molar-refractivity contribution >= 4 is 29.2 Å². The highest BCUT2D eigenvalue weighted by atomic mass is 35.5. The number of hydrogen-bond donors (Lipinski definition) is 0. The molecular weight excluding hydrogens is 354 g/mol. The topological polar surface area (TPSA) is 55.8 Å². The van der Waals surface area contributed by atoms with E-state index in [1.54, 1.807) is 23.1 Å². The summed E-state index contributed by atoms with van der Waals surface area (Å²) >= 11 is 5.88. The largest absolute Gasteiger partial charge is 0.482 e. The minimum Gasteiger partial charge on any atom is -0.482 e. The molecule has 138 valence electrons. The highest BCUT2D eigenvalue weighted by molar-refractivity contribution is 6.30. The molecular formula is C20H22ClNO4. The minimum absolute atomic E-state index is 0.0587. The van der Waals surface area contributed by atoms with Crippen molar-refractivity contribution in [2.75, 3.05) is 18.1 Å². The summed E-state index contributed by atoms with van der Waals surface area (Å²) in [4.78, 5) is 25.9. The van der Waals surface area contributed by atoms with Crippen LogP contribution in [-0.4, -0.2) is 31.1 Å². The van der Waals surface area contributed by atoms with Gasteiger partial charge < -0.3 is 14.4 Å². The van der Waals surface area contributed by atoms with Gasteiger partial charge in [0.15, 0.2) is 13.2 Å². The number of halogens is 1. The number of carbonyl (C=O) groups is 2. The Bertz CT molecular complexity index is 762. The van der Waals surface area contributed by atoms with Gasteiger partial charge in [-0.2, -0.15) is 0 Å². The van der Waals surface area contributed by atoms with Crippen molar-refractivity contribution in [3.63, 3.8) is 0 Å². The molecule has 1 amide bonds. The number of benzene rings is 2. The van der Waals surface area contributed by atoms with E-state index in [0.717, 1.165) is 11.3 Å². The SMILES string of the molecule is Cc1cc(Cl)ccc1OCC(=O)OCC(=O)N(c1ccccc1)C(C)C. The maximum atomic E-state index is 12.4. The van der Waals surface area contributed by atoms with Gasteiger partial charge in [-0.1, -0.05) is 29.8 Å². The van der Waals surface area contributed by atoms with Crippen LogP contribution in [0.5, 0.6) is 5.75 Å². The molecule has 0 bridgehead atoms. The number of nitrogens with zero attached hydrogens (tertiary/aromatic N) is 1. The average Bonchev–Trinajstić information content (AvgIpc) is 2.60. The third kappa shape index (κ3) is 5.49. The number of anilines is 1. The van der Waals surface area contributed by atoms with E-state index >= 15 is 0 Å². The summed E-state index contributed by atoms with van der Waals surface area (Å²) in [5, 5.41) is 0.595. The summed E-state index contributed by atoms with van der Waals surface area (Å²) < 4.78 is 10.5. The van der Waals surface area contributed by atoms with Crippen LogP contribution in [0.25, 0.3) is 0 Å². The van der Waals surface area contributed by atoms with E-state index in [9.17, 15) is 9.59 Å². The van der Waals surface area contributed by atoms with E-state index in [2.05, 4.69) is 0 Å². The van der Waals surface area contributed by atoms with Crippen molar-refractivity contribution in [1.29, 1.82) is 0 Å². The maximum Gasteiger partial charge on any atom is 0.344 e. The van der Waals surface area contributed by atoms with E-state index in [0.29, 0.717) is 10.8 Å². The molecule has 0 aromatic heterocycles. The van der Waals surface area contributed by atoms with Crippen LogP contribution in [-0.2, 0) is 14.3 Å².